The van der Waals surface area contributed by atoms with E-state index < -0.39 is 0 Å². The molecule has 2 N–H and O–H groups in total. The minimum absolute atomic E-state index is 0.197. The van der Waals surface area contributed by atoms with Gasteiger partial charge in [-0.1, -0.05) is 43.2 Å². The molecule has 1 aliphatic carbocycles. The summed E-state index contributed by atoms with van der Waals surface area (Å²) in [5.41, 5.74) is 1.93. The van der Waals surface area contributed by atoms with Crippen LogP contribution in [0.25, 0.3) is 0 Å². The fourth-order valence-corrected chi connectivity index (χ4v) is 3.77. The van der Waals surface area contributed by atoms with Gasteiger partial charge < -0.3 is 10.6 Å². The molecule has 1 fully saturated rings. The lowest BCUT2D eigenvalue weighted by Crippen LogP contribution is -2.30. The van der Waals surface area contributed by atoms with Gasteiger partial charge in [0, 0.05) is 12.2 Å². The minimum atomic E-state index is -0.197. The maximum absolute atomic E-state index is 11.9. The molecule has 0 aliphatic heterocycles. The Labute approximate surface area is 155 Å². The Morgan fingerprint density at radius 1 is 1.19 bits per heavy atom. The van der Waals surface area contributed by atoms with Crippen LogP contribution in [-0.4, -0.2) is 23.5 Å². The molecule has 0 radical (unpaired) electrons. The molecular weight excluding hydrogens is 322 g/mol. The molecule has 1 heterocycles. The first-order valence-electron chi connectivity index (χ1n) is 9.15. The summed E-state index contributed by atoms with van der Waals surface area (Å²) >= 11 is 0. The highest BCUT2D eigenvalue weighted by atomic mass is 16.1. The normalized spacial score (nSPS) is 22.2. The fourth-order valence-electron chi connectivity index (χ4n) is 3.77. The van der Waals surface area contributed by atoms with Crippen molar-refractivity contribution in [3.05, 3.63) is 59.8 Å². The number of terminal acetylenes is 1. The van der Waals surface area contributed by atoms with Crippen molar-refractivity contribution in [2.24, 2.45) is 5.92 Å². The van der Waals surface area contributed by atoms with E-state index in [-0.39, 0.29) is 12.5 Å². The highest BCUT2D eigenvalue weighted by Crippen LogP contribution is 2.37. The number of anilines is 1. The quantitative estimate of drug-likeness (QED) is 0.808. The van der Waals surface area contributed by atoms with Crippen molar-refractivity contribution in [3.63, 3.8) is 0 Å². The largest absolute Gasteiger partial charge is 0.367 e. The van der Waals surface area contributed by atoms with Gasteiger partial charge in [-0.05, 0) is 48.8 Å². The molecule has 1 saturated carbocycles. The van der Waals surface area contributed by atoms with Crippen molar-refractivity contribution in [1.29, 1.82) is 0 Å². The van der Waals surface area contributed by atoms with Crippen LogP contribution in [0.5, 0.6) is 0 Å². The molecule has 3 unspecified atom stereocenters. The highest BCUT2D eigenvalue weighted by Gasteiger charge is 2.27. The molecule has 0 bridgehead atoms. The summed E-state index contributed by atoms with van der Waals surface area (Å²) in [7, 11) is 0. The Morgan fingerprint density at radius 2 is 2.00 bits per heavy atom. The molecule has 3 rings (SSSR count). The maximum Gasteiger partial charge on any atom is 0.253 e. The molecule has 26 heavy (non-hydrogen) atoms. The van der Waals surface area contributed by atoms with E-state index >= 15 is 0 Å². The Kier molecular flexibility index (Phi) is 5.91. The molecular formula is C22H25N3O. The number of nitrogens with zero attached hydrogens (tertiary/aromatic N) is 1. The van der Waals surface area contributed by atoms with E-state index in [1.54, 1.807) is 12.3 Å². The molecule has 1 aromatic heterocycles. The zero-order valence-corrected chi connectivity index (χ0v) is 15.1. The number of pyridine rings is 1. The molecule has 134 valence electrons. The summed E-state index contributed by atoms with van der Waals surface area (Å²) in [6, 6.07) is 14.8. The van der Waals surface area contributed by atoms with Crippen molar-refractivity contribution < 1.29 is 4.79 Å². The van der Waals surface area contributed by atoms with E-state index in [4.69, 9.17) is 6.42 Å². The summed E-state index contributed by atoms with van der Waals surface area (Å²) in [4.78, 5) is 16.3. The summed E-state index contributed by atoms with van der Waals surface area (Å²) < 4.78 is 0. The monoisotopic (exact) mass is 347 g/mol. The van der Waals surface area contributed by atoms with Crippen molar-refractivity contribution in [3.8, 4) is 12.3 Å². The second kappa shape index (κ2) is 8.53. The lowest BCUT2D eigenvalue weighted by Gasteiger charge is -2.34. The third-order valence-corrected chi connectivity index (χ3v) is 4.94. The molecule has 1 aromatic carbocycles. The number of benzene rings is 1. The number of hydrogen-bond donors (Lipinski definition) is 2. The Bertz CT molecular complexity index is 764. The molecule has 3 atom stereocenters. The zero-order chi connectivity index (χ0) is 18.4. The topological polar surface area (TPSA) is 54.0 Å². The van der Waals surface area contributed by atoms with Crippen molar-refractivity contribution >= 4 is 11.7 Å². The van der Waals surface area contributed by atoms with Crippen molar-refractivity contribution in [2.75, 3.05) is 11.9 Å². The summed E-state index contributed by atoms with van der Waals surface area (Å²) in [6.07, 6.45) is 10.2. The summed E-state index contributed by atoms with van der Waals surface area (Å²) in [5.74, 6) is 4.25. The van der Waals surface area contributed by atoms with Crippen LogP contribution in [0.2, 0.25) is 0 Å². The minimum Gasteiger partial charge on any atom is -0.367 e. The first-order valence-corrected chi connectivity index (χ1v) is 9.15. The van der Waals surface area contributed by atoms with Crippen LogP contribution in [0.3, 0.4) is 0 Å². The molecule has 0 spiro atoms. The summed E-state index contributed by atoms with van der Waals surface area (Å²) in [6.45, 7) is 2.54. The standard InChI is InChI=1S/C22H25N3O/c1-3-11-23-22(26)18-9-10-21(24-15-18)25-20-13-16(2)12-19(14-20)17-7-5-4-6-8-17/h1,4-10,15-16,19-20H,11-14H2,2H3,(H,23,26)(H,24,25). The molecule has 1 aliphatic rings. The van der Waals surface area contributed by atoms with E-state index in [0.29, 0.717) is 23.4 Å². The summed E-state index contributed by atoms with van der Waals surface area (Å²) in [5, 5.41) is 6.19. The predicted molar refractivity (Wildman–Crippen MR) is 105 cm³/mol. The predicted octanol–water partition coefficient (Wildman–Crippen LogP) is 3.83. The number of nitrogens with one attached hydrogen (secondary N) is 2. The van der Waals surface area contributed by atoms with Crippen LogP contribution >= 0.6 is 0 Å². The van der Waals surface area contributed by atoms with E-state index in [1.807, 2.05) is 6.07 Å². The van der Waals surface area contributed by atoms with E-state index in [1.165, 1.54) is 12.0 Å². The number of carbonyl (C=O) groups is 1. The SMILES string of the molecule is C#CCNC(=O)c1ccc(NC2CC(C)CC(c3ccccc3)C2)nc1. The lowest BCUT2D eigenvalue weighted by atomic mass is 9.76. The van der Waals surface area contributed by atoms with E-state index in [2.05, 4.69) is 58.8 Å². The first-order chi connectivity index (χ1) is 12.7. The smallest absolute Gasteiger partial charge is 0.253 e. The van der Waals surface area contributed by atoms with Gasteiger partial charge in [0.1, 0.15) is 5.82 Å². The van der Waals surface area contributed by atoms with Gasteiger partial charge in [-0.3, -0.25) is 4.79 Å². The lowest BCUT2D eigenvalue weighted by molar-refractivity contribution is 0.0958. The van der Waals surface area contributed by atoms with Gasteiger partial charge in [0.05, 0.1) is 12.1 Å². The second-order valence-corrected chi connectivity index (χ2v) is 7.08. The number of hydrogen-bond acceptors (Lipinski definition) is 3. The van der Waals surface area contributed by atoms with Crippen LogP contribution in [0.4, 0.5) is 5.82 Å². The Morgan fingerprint density at radius 3 is 2.69 bits per heavy atom. The average molecular weight is 347 g/mol. The van der Waals surface area contributed by atoms with Crippen molar-refractivity contribution in [2.45, 2.75) is 38.1 Å². The van der Waals surface area contributed by atoms with Gasteiger partial charge in [0.15, 0.2) is 0 Å². The highest BCUT2D eigenvalue weighted by molar-refractivity contribution is 5.94. The molecule has 2 aromatic rings. The number of amides is 1. The molecule has 4 heteroatoms. The molecule has 1 amide bonds. The number of rotatable bonds is 5. The molecule has 0 saturated heterocycles. The Hall–Kier alpha value is -2.80. The first kappa shape index (κ1) is 18.0. The van der Waals surface area contributed by atoms with Gasteiger partial charge in [0.25, 0.3) is 5.91 Å². The van der Waals surface area contributed by atoms with Crippen LogP contribution in [-0.2, 0) is 0 Å². The van der Waals surface area contributed by atoms with Crippen LogP contribution in [0, 0.1) is 18.3 Å². The van der Waals surface area contributed by atoms with Gasteiger partial charge in [-0.2, -0.15) is 0 Å². The van der Waals surface area contributed by atoms with Crippen LogP contribution in [0.1, 0.15) is 48.0 Å². The molecule has 4 nitrogen and oxygen atoms in total. The third-order valence-electron chi connectivity index (χ3n) is 4.94. The second-order valence-electron chi connectivity index (χ2n) is 7.08. The van der Waals surface area contributed by atoms with Crippen LogP contribution < -0.4 is 10.6 Å². The van der Waals surface area contributed by atoms with E-state index in [0.717, 1.165) is 18.7 Å². The van der Waals surface area contributed by atoms with Gasteiger partial charge in [0.2, 0.25) is 0 Å². The van der Waals surface area contributed by atoms with Gasteiger partial charge >= 0.3 is 0 Å². The van der Waals surface area contributed by atoms with E-state index in [9.17, 15) is 4.79 Å². The number of carbonyl (C=O) groups excluding carboxylic acids is 1. The Balaban J connectivity index is 1.63. The van der Waals surface area contributed by atoms with Crippen LogP contribution in [0.15, 0.2) is 48.7 Å². The number of aromatic nitrogens is 1. The average Bonchev–Trinajstić information content (AvgIpc) is 2.67. The fraction of sp³-hybridized carbons (Fsp3) is 0.364. The van der Waals surface area contributed by atoms with Crippen molar-refractivity contribution in [1.82, 2.24) is 10.3 Å². The zero-order valence-electron chi connectivity index (χ0n) is 15.1. The van der Waals surface area contributed by atoms with Gasteiger partial charge in [-0.25, -0.2) is 4.98 Å². The maximum atomic E-state index is 11.9. The third kappa shape index (κ3) is 4.64. The van der Waals surface area contributed by atoms with Gasteiger partial charge in [-0.15, -0.1) is 6.42 Å².